The molecule has 0 N–H and O–H groups in total. The first-order chi connectivity index (χ1) is 9.20. The average Bonchev–Trinajstić information content (AvgIpc) is 2.22. The maximum atomic E-state index is 10.8. The fourth-order valence-corrected chi connectivity index (χ4v) is 0.957. The molecule has 0 heterocycles. The minimum absolute atomic E-state index is 0. The smallest absolute Gasteiger partial charge is 0.326 e. The molecule has 0 aliphatic rings. The van der Waals surface area contributed by atoms with E-state index < -0.39 is 23.9 Å². The average molecular weight is 404 g/mol. The van der Waals surface area contributed by atoms with Crippen LogP contribution in [0.3, 0.4) is 0 Å². The molecule has 10 nitrogen and oxygen atoms in total. The summed E-state index contributed by atoms with van der Waals surface area (Å²) in [5.41, 5.74) is 0. The fraction of sp³-hybridized carbons (Fsp3) is 0.600. The van der Waals surface area contributed by atoms with Gasteiger partial charge in [0.15, 0.2) is 0 Å². The third-order valence-corrected chi connectivity index (χ3v) is 1.39. The summed E-state index contributed by atoms with van der Waals surface area (Å²) in [5.74, 6) is -2.90. The third-order valence-electron chi connectivity index (χ3n) is 1.39. The molecule has 0 spiro atoms. The minimum Gasteiger partial charge on any atom is -0.333 e. The van der Waals surface area contributed by atoms with Crippen molar-refractivity contribution in [2.45, 2.75) is 27.7 Å². The predicted molar refractivity (Wildman–Crippen MR) is 72.0 cm³/mol. The van der Waals surface area contributed by atoms with Crippen molar-refractivity contribution in [1.29, 1.82) is 0 Å². The molecule has 13 heteroatoms. The minimum atomic E-state index is -0.724. The summed E-state index contributed by atoms with van der Waals surface area (Å²) in [6, 6.07) is 0. The summed E-state index contributed by atoms with van der Waals surface area (Å²) in [7, 11) is 0. The number of hydrogen-bond acceptors (Lipinski definition) is 10. The van der Waals surface area contributed by atoms with Crippen molar-refractivity contribution in [1.82, 2.24) is 10.5 Å². The van der Waals surface area contributed by atoms with E-state index in [0.29, 0.717) is 10.5 Å². The second-order valence-electron chi connectivity index (χ2n) is 3.44. The molecule has 0 atom stereocenters. The van der Waals surface area contributed by atoms with Crippen LogP contribution in [0.4, 0.5) is 0 Å². The Kier molecular flexibility index (Phi) is 23.4. The van der Waals surface area contributed by atoms with Crippen LogP contribution in [0.5, 0.6) is 0 Å². The molecule has 0 saturated carbocycles. The molecule has 0 aromatic rings. The van der Waals surface area contributed by atoms with Crippen molar-refractivity contribution >= 4 is 83.0 Å². The topological polar surface area (TPSA) is 112 Å². The summed E-state index contributed by atoms with van der Waals surface area (Å²) < 4.78 is 0. The van der Waals surface area contributed by atoms with Gasteiger partial charge in [-0.15, -0.1) is 0 Å². The van der Waals surface area contributed by atoms with Gasteiger partial charge < -0.3 is 19.4 Å². The van der Waals surface area contributed by atoms with Gasteiger partial charge in [0.2, 0.25) is 0 Å². The Bertz CT molecular complexity index is 331. The largest absolute Gasteiger partial charge is 0.333 e. The molecule has 0 rings (SSSR count). The van der Waals surface area contributed by atoms with Gasteiger partial charge in [-0.05, 0) is 0 Å². The Morgan fingerprint density at radius 3 is 0.913 bits per heavy atom. The molecule has 0 aliphatic carbocycles. The van der Waals surface area contributed by atoms with E-state index >= 15 is 0 Å². The Morgan fingerprint density at radius 1 is 0.609 bits per heavy atom. The van der Waals surface area contributed by atoms with Crippen LogP contribution in [0.15, 0.2) is 0 Å². The summed E-state index contributed by atoms with van der Waals surface area (Å²) >= 11 is 0. The monoisotopic (exact) mass is 402 g/mol. The van der Waals surface area contributed by atoms with Gasteiger partial charge in [0, 0.05) is 117 Å². The second kappa shape index (κ2) is 17.3. The van der Waals surface area contributed by atoms with Crippen LogP contribution < -0.4 is 0 Å². The van der Waals surface area contributed by atoms with E-state index in [4.69, 9.17) is 0 Å². The van der Waals surface area contributed by atoms with Crippen LogP contribution >= 0.6 is 0 Å². The van der Waals surface area contributed by atoms with E-state index in [2.05, 4.69) is 19.4 Å². The predicted octanol–water partition coefficient (Wildman–Crippen LogP) is -1.26. The fourth-order valence-electron chi connectivity index (χ4n) is 0.957. The Labute approximate surface area is 190 Å². The van der Waals surface area contributed by atoms with Crippen molar-refractivity contribution in [3.63, 3.8) is 0 Å². The normalized spacial score (nSPS) is 8.78. The summed E-state index contributed by atoms with van der Waals surface area (Å²) in [5, 5.41) is 1.15. The first-order valence-electron chi connectivity index (χ1n) is 5.50. The molecule has 2 radical (unpaired) electrons. The first kappa shape index (κ1) is 31.2. The zero-order valence-corrected chi connectivity index (χ0v) is 21.2. The van der Waals surface area contributed by atoms with Crippen molar-refractivity contribution in [2.24, 2.45) is 0 Å². The Balaban J connectivity index is -0.000000602. The summed E-state index contributed by atoms with van der Waals surface area (Å²) in [6.07, 6.45) is 0. The Hall–Kier alpha value is 0.423. The summed E-state index contributed by atoms with van der Waals surface area (Å²) in [4.78, 5) is 61.4. The second-order valence-corrected chi connectivity index (χ2v) is 3.44. The molecule has 0 aromatic heterocycles. The van der Waals surface area contributed by atoms with Gasteiger partial charge in [-0.3, -0.25) is 19.2 Å². The summed E-state index contributed by atoms with van der Waals surface area (Å²) in [6.45, 7) is 3.97. The maximum absolute atomic E-state index is 10.8. The molecule has 0 unspecified atom stereocenters. The molecular formula is C10H16N2Na2O8Zn. The van der Waals surface area contributed by atoms with E-state index in [1.165, 1.54) is 0 Å². The molecular weight excluding hydrogens is 387 g/mol. The van der Waals surface area contributed by atoms with Crippen LogP contribution in [-0.4, -0.2) is 107 Å². The van der Waals surface area contributed by atoms with E-state index in [1.54, 1.807) is 0 Å². The number of hydroxylamine groups is 4. The van der Waals surface area contributed by atoms with Gasteiger partial charge in [0.05, 0.1) is 13.1 Å². The van der Waals surface area contributed by atoms with Crippen LogP contribution in [0.1, 0.15) is 27.7 Å². The van der Waals surface area contributed by atoms with Crippen molar-refractivity contribution in [3.05, 3.63) is 0 Å². The standard InChI is InChI=1S/C10H16N2O8.2Na.Zn/c1-7(13)17-11(18-8(2)14)5-6-12(19-9(3)15)20-10(4)16;;;/h5-6H2,1-4H3;;;. The molecule has 0 amide bonds. The van der Waals surface area contributed by atoms with Gasteiger partial charge in [-0.25, -0.2) is 0 Å². The van der Waals surface area contributed by atoms with Crippen LogP contribution in [0.2, 0.25) is 0 Å². The number of hydrogen-bond donors (Lipinski definition) is 0. The van der Waals surface area contributed by atoms with Crippen molar-refractivity contribution < 1.29 is 58.0 Å². The molecule has 0 aromatic carbocycles. The van der Waals surface area contributed by atoms with E-state index in [1.807, 2.05) is 0 Å². The van der Waals surface area contributed by atoms with Crippen LogP contribution in [-0.2, 0) is 58.0 Å². The maximum Gasteiger partial charge on any atom is 0.326 e. The van der Waals surface area contributed by atoms with Gasteiger partial charge in [0.1, 0.15) is 0 Å². The van der Waals surface area contributed by atoms with Crippen molar-refractivity contribution in [2.75, 3.05) is 13.1 Å². The molecule has 0 saturated heterocycles. The van der Waals surface area contributed by atoms with Gasteiger partial charge >= 0.3 is 23.9 Å². The van der Waals surface area contributed by atoms with Gasteiger partial charge in [-0.1, -0.05) is 0 Å². The number of carbonyl (C=O) groups is 4. The molecule has 118 valence electrons. The Morgan fingerprint density at radius 2 is 0.783 bits per heavy atom. The van der Waals surface area contributed by atoms with Gasteiger partial charge in [0.25, 0.3) is 0 Å². The zero-order chi connectivity index (χ0) is 15.7. The zero-order valence-electron chi connectivity index (χ0n) is 14.3. The van der Waals surface area contributed by atoms with Gasteiger partial charge in [-0.2, -0.15) is 0 Å². The molecule has 0 bridgehead atoms. The van der Waals surface area contributed by atoms with E-state index in [9.17, 15) is 19.2 Å². The number of carbonyl (C=O) groups excluding carboxylic acids is 4. The van der Waals surface area contributed by atoms with E-state index in [-0.39, 0.29) is 91.7 Å². The van der Waals surface area contributed by atoms with Crippen LogP contribution in [0.25, 0.3) is 0 Å². The van der Waals surface area contributed by atoms with E-state index in [0.717, 1.165) is 27.7 Å². The quantitative estimate of drug-likeness (QED) is 0.377. The number of nitrogens with zero attached hydrogens (tertiary/aromatic N) is 2. The number of rotatable bonds is 7. The molecule has 0 fully saturated rings. The van der Waals surface area contributed by atoms with Crippen molar-refractivity contribution in [3.8, 4) is 0 Å². The van der Waals surface area contributed by atoms with Crippen LogP contribution in [0, 0.1) is 0 Å². The first-order valence-corrected chi connectivity index (χ1v) is 5.50. The third kappa shape index (κ3) is 20.4. The SMILES string of the molecule is CC(=O)ON(CCN(OC(C)=O)OC(C)=O)OC(C)=O.[Na].[Na].[Zn]. The molecule has 0 aliphatic heterocycles. The molecule has 23 heavy (non-hydrogen) atoms.